The lowest BCUT2D eigenvalue weighted by Gasteiger charge is -2.23. The van der Waals surface area contributed by atoms with Crippen LogP contribution < -0.4 is 0 Å². The summed E-state index contributed by atoms with van der Waals surface area (Å²) in [5, 5.41) is 20.3. The van der Waals surface area contributed by atoms with Crippen LogP contribution in [0.25, 0.3) is 0 Å². The van der Waals surface area contributed by atoms with Crippen molar-refractivity contribution in [3.63, 3.8) is 0 Å². The van der Waals surface area contributed by atoms with Crippen molar-refractivity contribution in [1.29, 1.82) is 0 Å². The van der Waals surface area contributed by atoms with E-state index >= 15 is 0 Å². The second kappa shape index (κ2) is 3.93. The molecule has 3 aliphatic rings. The number of aliphatic hydroxyl groups excluding tert-OH is 2. The van der Waals surface area contributed by atoms with Gasteiger partial charge in [-0.3, -0.25) is 0 Å². The summed E-state index contributed by atoms with van der Waals surface area (Å²) >= 11 is 0. The van der Waals surface area contributed by atoms with Crippen molar-refractivity contribution in [2.24, 2.45) is 17.3 Å². The second-order valence-electron chi connectivity index (χ2n) is 6.80. The average molecular weight is 264 g/mol. The molecular weight excluding hydrogens is 244 g/mol. The van der Waals surface area contributed by atoms with Gasteiger partial charge in [-0.15, -0.1) is 0 Å². The Kier molecular flexibility index (Phi) is 2.67. The molecule has 3 rings (SSSR count). The Morgan fingerprint density at radius 1 is 1.32 bits per heavy atom. The average Bonchev–Trinajstić information content (AvgIpc) is 2.73. The van der Waals surface area contributed by atoms with Crippen LogP contribution in [0, 0.1) is 17.3 Å². The molecule has 0 bridgehead atoms. The van der Waals surface area contributed by atoms with Crippen LogP contribution in [0.2, 0.25) is 0 Å². The van der Waals surface area contributed by atoms with Crippen LogP contribution in [0.15, 0.2) is 22.8 Å². The highest BCUT2D eigenvalue weighted by atomic mass is 16.6. The number of carbonyl (C=O) groups excluding carboxylic acids is 1. The SMILES string of the molecule is CC1=CC2=C(C(=O)O[C@@H]2O)[C@H](O)[C@H]2CC(C)(C)C[C@H]12. The number of ether oxygens (including phenoxy) is 1. The first-order valence-corrected chi connectivity index (χ1v) is 6.79. The minimum Gasteiger partial charge on any atom is -0.428 e. The lowest BCUT2D eigenvalue weighted by molar-refractivity contribution is -0.152. The van der Waals surface area contributed by atoms with E-state index in [2.05, 4.69) is 13.8 Å². The van der Waals surface area contributed by atoms with E-state index in [9.17, 15) is 15.0 Å². The summed E-state index contributed by atoms with van der Waals surface area (Å²) in [6, 6.07) is 0. The molecule has 2 N–H and O–H groups in total. The van der Waals surface area contributed by atoms with Crippen LogP contribution in [0.4, 0.5) is 0 Å². The Hall–Kier alpha value is -1.13. The Balaban J connectivity index is 2.07. The van der Waals surface area contributed by atoms with E-state index in [0.717, 1.165) is 18.4 Å². The minimum atomic E-state index is -1.22. The summed E-state index contributed by atoms with van der Waals surface area (Å²) in [5.41, 5.74) is 2.00. The maximum atomic E-state index is 11.8. The van der Waals surface area contributed by atoms with Crippen LogP contribution in [-0.4, -0.2) is 28.6 Å². The van der Waals surface area contributed by atoms with Gasteiger partial charge in [0.1, 0.15) is 0 Å². The maximum absolute atomic E-state index is 11.8. The molecule has 0 unspecified atom stereocenters. The Bertz CT molecular complexity index is 500. The van der Waals surface area contributed by atoms with Gasteiger partial charge >= 0.3 is 5.97 Å². The Morgan fingerprint density at radius 2 is 2.00 bits per heavy atom. The predicted molar refractivity (Wildman–Crippen MR) is 68.9 cm³/mol. The topological polar surface area (TPSA) is 66.8 Å². The van der Waals surface area contributed by atoms with Gasteiger partial charge in [0.2, 0.25) is 6.29 Å². The van der Waals surface area contributed by atoms with Crippen molar-refractivity contribution in [3.05, 3.63) is 22.8 Å². The number of fused-ring (bicyclic) bond motifs is 1. The first-order chi connectivity index (χ1) is 8.80. The predicted octanol–water partition coefficient (Wildman–Crippen LogP) is 1.53. The van der Waals surface area contributed by atoms with E-state index in [1.165, 1.54) is 0 Å². The van der Waals surface area contributed by atoms with Gasteiger partial charge < -0.3 is 14.9 Å². The van der Waals surface area contributed by atoms with Gasteiger partial charge in [0.15, 0.2) is 0 Å². The fraction of sp³-hybridized carbons (Fsp3) is 0.667. The van der Waals surface area contributed by atoms with E-state index in [1.54, 1.807) is 0 Å². The third kappa shape index (κ3) is 1.85. The zero-order chi connectivity index (χ0) is 13.9. The molecule has 1 heterocycles. The number of esters is 1. The standard InChI is InChI=1S/C15H20O4/c1-7-4-8-11(14(18)19-13(8)17)12(16)10-6-15(2,3)5-9(7)10/h4,9-10,12-13,16-17H,5-6H2,1-3H3/t9-,10+,12-,13+/m1/s1. The molecule has 0 amide bonds. The van der Waals surface area contributed by atoms with Crippen LogP contribution in [0.1, 0.15) is 33.6 Å². The molecule has 1 fully saturated rings. The third-order valence-corrected chi connectivity index (χ3v) is 4.76. The molecule has 0 spiro atoms. The number of rotatable bonds is 0. The van der Waals surface area contributed by atoms with Crippen LogP contribution >= 0.6 is 0 Å². The normalized spacial score (nSPS) is 40.5. The van der Waals surface area contributed by atoms with Gasteiger partial charge in [-0.1, -0.05) is 25.5 Å². The highest BCUT2D eigenvalue weighted by Crippen LogP contribution is 2.52. The van der Waals surface area contributed by atoms with Gasteiger partial charge in [0.05, 0.1) is 11.7 Å². The van der Waals surface area contributed by atoms with Crippen molar-refractivity contribution < 1.29 is 19.7 Å². The van der Waals surface area contributed by atoms with Crippen molar-refractivity contribution >= 4 is 5.97 Å². The smallest absolute Gasteiger partial charge is 0.339 e. The van der Waals surface area contributed by atoms with E-state index in [-0.39, 0.29) is 22.8 Å². The number of cyclic esters (lactones) is 1. The summed E-state index contributed by atoms with van der Waals surface area (Å²) in [6.07, 6.45) is 1.66. The summed E-state index contributed by atoms with van der Waals surface area (Å²) < 4.78 is 4.82. The van der Waals surface area contributed by atoms with Crippen LogP contribution in [-0.2, 0) is 9.53 Å². The highest BCUT2D eigenvalue weighted by Gasteiger charge is 2.49. The van der Waals surface area contributed by atoms with Crippen molar-refractivity contribution in [1.82, 2.24) is 0 Å². The van der Waals surface area contributed by atoms with Crippen LogP contribution in [0.5, 0.6) is 0 Å². The zero-order valence-corrected chi connectivity index (χ0v) is 11.5. The molecule has 4 atom stereocenters. The number of hydrogen-bond donors (Lipinski definition) is 2. The Labute approximate surface area is 112 Å². The molecule has 4 nitrogen and oxygen atoms in total. The molecule has 0 aromatic rings. The van der Waals surface area contributed by atoms with E-state index < -0.39 is 18.4 Å². The molecule has 1 aliphatic heterocycles. The van der Waals surface area contributed by atoms with Crippen LogP contribution in [0.3, 0.4) is 0 Å². The number of carbonyl (C=O) groups is 1. The zero-order valence-electron chi connectivity index (χ0n) is 11.5. The fourth-order valence-electron chi connectivity index (χ4n) is 3.93. The number of aliphatic hydroxyl groups is 2. The third-order valence-electron chi connectivity index (χ3n) is 4.76. The first-order valence-electron chi connectivity index (χ1n) is 6.79. The van der Waals surface area contributed by atoms with E-state index in [1.807, 2.05) is 13.0 Å². The molecule has 19 heavy (non-hydrogen) atoms. The minimum absolute atomic E-state index is 0.0385. The molecular formula is C15H20O4. The van der Waals surface area contributed by atoms with E-state index in [0.29, 0.717) is 5.57 Å². The van der Waals surface area contributed by atoms with Gasteiger partial charge in [-0.05, 0) is 37.0 Å². The first kappa shape index (κ1) is 12.9. The lowest BCUT2D eigenvalue weighted by Crippen LogP contribution is -2.28. The molecule has 0 aromatic carbocycles. The van der Waals surface area contributed by atoms with Crippen molar-refractivity contribution in [2.45, 2.75) is 46.0 Å². The maximum Gasteiger partial charge on any atom is 0.339 e. The monoisotopic (exact) mass is 264 g/mol. The summed E-state index contributed by atoms with van der Waals surface area (Å²) in [5.74, 6) is -0.267. The largest absolute Gasteiger partial charge is 0.428 e. The molecule has 4 heteroatoms. The molecule has 0 aromatic heterocycles. The lowest BCUT2D eigenvalue weighted by atomic mass is 9.85. The molecule has 0 saturated heterocycles. The van der Waals surface area contributed by atoms with Gasteiger partial charge in [-0.25, -0.2) is 4.79 Å². The Morgan fingerprint density at radius 3 is 2.68 bits per heavy atom. The summed E-state index contributed by atoms with van der Waals surface area (Å²) in [4.78, 5) is 11.8. The summed E-state index contributed by atoms with van der Waals surface area (Å²) in [6.45, 7) is 6.40. The molecule has 2 aliphatic carbocycles. The van der Waals surface area contributed by atoms with Crippen molar-refractivity contribution in [3.8, 4) is 0 Å². The highest BCUT2D eigenvalue weighted by molar-refractivity contribution is 5.94. The van der Waals surface area contributed by atoms with Gasteiger partial charge in [0.25, 0.3) is 0 Å². The second-order valence-corrected chi connectivity index (χ2v) is 6.80. The van der Waals surface area contributed by atoms with Crippen molar-refractivity contribution in [2.75, 3.05) is 0 Å². The molecule has 0 radical (unpaired) electrons. The number of allylic oxidation sites excluding steroid dienone is 1. The molecule has 104 valence electrons. The number of hydrogen-bond acceptors (Lipinski definition) is 4. The molecule has 1 saturated carbocycles. The fourth-order valence-corrected chi connectivity index (χ4v) is 3.93. The summed E-state index contributed by atoms with van der Waals surface area (Å²) in [7, 11) is 0. The van der Waals surface area contributed by atoms with Gasteiger partial charge in [0, 0.05) is 5.57 Å². The quantitative estimate of drug-likeness (QED) is 0.651. The van der Waals surface area contributed by atoms with Gasteiger partial charge in [-0.2, -0.15) is 0 Å². The van der Waals surface area contributed by atoms with E-state index in [4.69, 9.17) is 4.74 Å².